The largest absolute Gasteiger partial charge is 0.298 e. The van der Waals surface area contributed by atoms with E-state index in [1.165, 1.54) is 80.9 Å². The molecule has 2 heterocycles. The Balaban J connectivity index is 1.41. The van der Waals surface area contributed by atoms with Crippen LogP contribution in [0.2, 0.25) is 0 Å². The molecule has 2 aliphatic heterocycles. The van der Waals surface area contributed by atoms with E-state index >= 15 is 0 Å². The summed E-state index contributed by atoms with van der Waals surface area (Å²) in [6.45, 7) is 5.01. The molecule has 1 saturated carbocycles. The highest BCUT2D eigenvalue weighted by molar-refractivity contribution is 5.82. The Morgan fingerprint density at radius 1 is 0.769 bits per heavy atom. The van der Waals surface area contributed by atoms with Crippen LogP contribution in [0.15, 0.2) is 42.5 Å². The van der Waals surface area contributed by atoms with Gasteiger partial charge in [0, 0.05) is 31.7 Å². The van der Waals surface area contributed by atoms with Crippen molar-refractivity contribution in [1.82, 2.24) is 9.80 Å². The van der Waals surface area contributed by atoms with Gasteiger partial charge in [0.2, 0.25) is 0 Å². The average molecular weight is 349 g/mol. The zero-order valence-corrected chi connectivity index (χ0v) is 15.9. The van der Waals surface area contributed by atoms with Crippen molar-refractivity contribution >= 4 is 10.8 Å². The topological polar surface area (TPSA) is 6.48 Å². The predicted molar refractivity (Wildman–Crippen MR) is 109 cm³/mol. The van der Waals surface area contributed by atoms with Gasteiger partial charge in [-0.1, -0.05) is 55.7 Å². The van der Waals surface area contributed by atoms with Crippen LogP contribution in [0, 0.1) is 5.92 Å². The first-order valence-corrected chi connectivity index (χ1v) is 10.8. The highest BCUT2D eigenvalue weighted by Crippen LogP contribution is 2.38. The van der Waals surface area contributed by atoms with Gasteiger partial charge in [0.15, 0.2) is 0 Å². The van der Waals surface area contributed by atoms with Crippen LogP contribution in [-0.2, 0) is 6.54 Å². The number of rotatable bonds is 3. The predicted octanol–water partition coefficient (Wildman–Crippen LogP) is 5.07. The molecule has 0 aromatic heterocycles. The van der Waals surface area contributed by atoms with E-state index in [4.69, 9.17) is 0 Å². The number of hydrogen-bond acceptors (Lipinski definition) is 2. The van der Waals surface area contributed by atoms with Crippen molar-refractivity contribution in [3.05, 3.63) is 48.0 Å². The van der Waals surface area contributed by atoms with Crippen LogP contribution in [-0.4, -0.2) is 41.5 Å². The first-order chi connectivity index (χ1) is 12.9. The van der Waals surface area contributed by atoms with Gasteiger partial charge >= 0.3 is 0 Å². The third-order valence-corrected chi connectivity index (χ3v) is 7.24. The van der Waals surface area contributed by atoms with Gasteiger partial charge in [-0.15, -0.1) is 0 Å². The molecule has 0 radical (unpaired) electrons. The lowest BCUT2D eigenvalue weighted by Gasteiger charge is -2.49. The number of piperazine rings is 1. The third-order valence-electron chi connectivity index (χ3n) is 7.24. The van der Waals surface area contributed by atoms with Crippen molar-refractivity contribution in [2.45, 2.75) is 63.6 Å². The second-order valence-corrected chi connectivity index (χ2v) is 8.79. The molecule has 26 heavy (non-hydrogen) atoms. The monoisotopic (exact) mass is 348 g/mol. The Morgan fingerprint density at radius 2 is 1.62 bits per heavy atom. The van der Waals surface area contributed by atoms with Gasteiger partial charge in [-0.05, 0) is 60.5 Å². The van der Waals surface area contributed by atoms with E-state index in [1.54, 1.807) is 0 Å². The van der Waals surface area contributed by atoms with Gasteiger partial charge in [-0.3, -0.25) is 9.80 Å². The SMILES string of the molecule is c1ccc2cc(CN3CCN4CCC[C@H]4[C@H]3C3CCCCC3)ccc2c1. The zero-order chi connectivity index (χ0) is 17.3. The molecular weight excluding hydrogens is 316 g/mol. The molecule has 3 aliphatic rings. The summed E-state index contributed by atoms with van der Waals surface area (Å²) in [6, 6.07) is 17.5. The van der Waals surface area contributed by atoms with Crippen LogP contribution < -0.4 is 0 Å². The van der Waals surface area contributed by atoms with Crippen molar-refractivity contribution in [2.75, 3.05) is 19.6 Å². The van der Waals surface area contributed by atoms with E-state index in [0.29, 0.717) is 0 Å². The first-order valence-electron chi connectivity index (χ1n) is 10.8. The number of hydrogen-bond donors (Lipinski definition) is 0. The number of fused-ring (bicyclic) bond motifs is 2. The lowest BCUT2D eigenvalue weighted by atomic mass is 9.78. The van der Waals surface area contributed by atoms with Crippen molar-refractivity contribution in [1.29, 1.82) is 0 Å². The Bertz CT molecular complexity index is 749. The summed E-state index contributed by atoms with van der Waals surface area (Å²) >= 11 is 0. The van der Waals surface area contributed by atoms with Crippen molar-refractivity contribution in [3.8, 4) is 0 Å². The van der Waals surface area contributed by atoms with E-state index in [1.807, 2.05) is 0 Å². The summed E-state index contributed by atoms with van der Waals surface area (Å²) in [6.07, 6.45) is 10.1. The average Bonchev–Trinajstić information content (AvgIpc) is 3.17. The molecule has 2 atom stereocenters. The standard InChI is InChI=1S/C24H32N2/c1-2-8-21(9-3-1)24-23-11-6-14-25(23)15-16-26(24)18-19-12-13-20-7-4-5-10-22(20)17-19/h4-5,7,10,12-13,17,21,23-24H,1-3,6,8-9,11,14-16,18H2/t23-,24+/m0/s1. The maximum atomic E-state index is 2.87. The van der Waals surface area contributed by atoms with Gasteiger partial charge in [0.1, 0.15) is 0 Å². The van der Waals surface area contributed by atoms with Gasteiger partial charge < -0.3 is 0 Å². The maximum Gasteiger partial charge on any atom is 0.0283 e. The zero-order valence-electron chi connectivity index (χ0n) is 15.9. The minimum Gasteiger partial charge on any atom is -0.298 e. The fourth-order valence-corrected chi connectivity index (χ4v) is 6.01. The summed E-state index contributed by atoms with van der Waals surface area (Å²) in [5.74, 6) is 0.926. The van der Waals surface area contributed by atoms with Crippen LogP contribution in [0.5, 0.6) is 0 Å². The van der Waals surface area contributed by atoms with Gasteiger partial charge in [0.05, 0.1) is 0 Å². The molecule has 2 heteroatoms. The highest BCUT2D eigenvalue weighted by atomic mass is 15.3. The van der Waals surface area contributed by atoms with Crippen molar-refractivity contribution in [2.24, 2.45) is 5.92 Å². The fraction of sp³-hybridized carbons (Fsp3) is 0.583. The Morgan fingerprint density at radius 3 is 2.50 bits per heavy atom. The summed E-state index contributed by atoms with van der Waals surface area (Å²) < 4.78 is 0. The second kappa shape index (κ2) is 7.32. The minimum absolute atomic E-state index is 0.790. The Labute approximate surface area is 158 Å². The Hall–Kier alpha value is -1.38. The maximum absolute atomic E-state index is 2.87. The van der Waals surface area contributed by atoms with Gasteiger partial charge in [-0.2, -0.15) is 0 Å². The Kier molecular flexibility index (Phi) is 4.72. The van der Waals surface area contributed by atoms with E-state index in [2.05, 4.69) is 52.3 Å². The molecule has 0 bridgehead atoms. The third kappa shape index (κ3) is 3.18. The van der Waals surface area contributed by atoms with Crippen molar-refractivity contribution in [3.63, 3.8) is 0 Å². The molecule has 138 valence electrons. The highest BCUT2D eigenvalue weighted by Gasteiger charge is 2.42. The molecule has 3 fully saturated rings. The molecule has 2 aromatic carbocycles. The van der Waals surface area contributed by atoms with E-state index in [9.17, 15) is 0 Å². The van der Waals surface area contributed by atoms with E-state index in [-0.39, 0.29) is 0 Å². The molecule has 2 aromatic rings. The molecular formula is C24H32N2. The van der Waals surface area contributed by atoms with Crippen LogP contribution in [0.25, 0.3) is 10.8 Å². The van der Waals surface area contributed by atoms with Crippen LogP contribution >= 0.6 is 0 Å². The second-order valence-electron chi connectivity index (χ2n) is 8.79. The summed E-state index contributed by atoms with van der Waals surface area (Å²) in [4.78, 5) is 5.68. The smallest absolute Gasteiger partial charge is 0.0283 e. The lowest BCUT2D eigenvalue weighted by Crippen LogP contribution is -2.59. The van der Waals surface area contributed by atoms with Crippen LogP contribution in [0.1, 0.15) is 50.5 Å². The summed E-state index contributed by atoms with van der Waals surface area (Å²) in [7, 11) is 0. The van der Waals surface area contributed by atoms with Crippen LogP contribution in [0.4, 0.5) is 0 Å². The van der Waals surface area contributed by atoms with Crippen LogP contribution in [0.3, 0.4) is 0 Å². The number of nitrogens with zero attached hydrogens (tertiary/aromatic N) is 2. The minimum atomic E-state index is 0.790. The molecule has 0 amide bonds. The first kappa shape index (κ1) is 16.8. The molecule has 0 unspecified atom stereocenters. The van der Waals surface area contributed by atoms with Crippen molar-refractivity contribution < 1.29 is 0 Å². The van der Waals surface area contributed by atoms with E-state index in [0.717, 1.165) is 24.5 Å². The normalized spacial score (nSPS) is 28.5. The summed E-state index contributed by atoms with van der Waals surface area (Å²) in [5, 5.41) is 2.75. The van der Waals surface area contributed by atoms with E-state index < -0.39 is 0 Å². The molecule has 2 nitrogen and oxygen atoms in total. The quantitative estimate of drug-likeness (QED) is 0.764. The lowest BCUT2D eigenvalue weighted by molar-refractivity contribution is -0.00377. The molecule has 0 N–H and O–H groups in total. The fourth-order valence-electron chi connectivity index (χ4n) is 6.01. The van der Waals surface area contributed by atoms with Gasteiger partial charge in [0.25, 0.3) is 0 Å². The molecule has 5 rings (SSSR count). The summed E-state index contributed by atoms with van der Waals surface area (Å²) in [5.41, 5.74) is 1.50. The molecule has 2 saturated heterocycles. The molecule has 1 aliphatic carbocycles. The van der Waals surface area contributed by atoms with Gasteiger partial charge in [-0.25, -0.2) is 0 Å². The number of benzene rings is 2. The molecule has 0 spiro atoms.